The molecule has 0 atom stereocenters. The van der Waals surface area contributed by atoms with Crippen molar-refractivity contribution in [2.24, 2.45) is 0 Å². The molecule has 0 unspecified atom stereocenters. The molecule has 1 rings (SSSR count). The monoisotopic (exact) mass is 306 g/mol. The molecule has 8 heteroatoms. The largest absolute Gasteiger partial charge is 0.446 e. The van der Waals surface area contributed by atoms with Gasteiger partial charge >= 0.3 is 11.0 Å². The molecule has 1 aromatic rings. The smallest absolute Gasteiger partial charge is 0.160 e. The van der Waals surface area contributed by atoms with Crippen molar-refractivity contribution in [1.82, 2.24) is 0 Å². The third kappa shape index (κ3) is 4.64. The average molecular weight is 306 g/mol. The summed E-state index contributed by atoms with van der Waals surface area (Å²) < 4.78 is 73.2. The molecule has 0 amide bonds. The summed E-state index contributed by atoms with van der Waals surface area (Å²) in [7, 11) is 0. The van der Waals surface area contributed by atoms with Crippen LogP contribution in [0.1, 0.15) is 11.1 Å². The van der Waals surface area contributed by atoms with Crippen LogP contribution in [0.5, 0.6) is 0 Å². The van der Waals surface area contributed by atoms with Gasteiger partial charge in [-0.1, -0.05) is 0 Å². The molecule has 0 radical (unpaired) electrons. The van der Waals surface area contributed by atoms with Crippen molar-refractivity contribution in [2.45, 2.75) is 34.7 Å². The molecule has 0 aromatic heterocycles. The number of alkyl halides is 6. The minimum absolute atomic E-state index is 0.0773. The van der Waals surface area contributed by atoms with E-state index < -0.39 is 11.0 Å². The summed E-state index contributed by atoms with van der Waals surface area (Å²) in [5.41, 5.74) is -8.47. The summed E-state index contributed by atoms with van der Waals surface area (Å²) in [5, 5.41) is 0. The Labute approximate surface area is 108 Å². The zero-order chi connectivity index (χ0) is 14.1. The van der Waals surface area contributed by atoms with E-state index in [1.165, 1.54) is 13.8 Å². The highest BCUT2D eigenvalue weighted by Gasteiger charge is 2.32. The SMILES string of the molecule is Cc1c(SC(F)(F)F)ccc(SC(F)(F)F)c1C. The first-order valence-corrected chi connectivity index (χ1v) is 6.24. The van der Waals surface area contributed by atoms with Crippen molar-refractivity contribution in [3.63, 3.8) is 0 Å². The molecule has 0 saturated heterocycles. The van der Waals surface area contributed by atoms with Crippen molar-refractivity contribution < 1.29 is 26.3 Å². The number of hydrogen-bond acceptors (Lipinski definition) is 2. The van der Waals surface area contributed by atoms with Gasteiger partial charge in [0, 0.05) is 9.79 Å². The fourth-order valence-corrected chi connectivity index (χ4v) is 2.62. The van der Waals surface area contributed by atoms with Gasteiger partial charge in [0.05, 0.1) is 0 Å². The number of hydrogen-bond donors (Lipinski definition) is 0. The Kier molecular flexibility index (Phi) is 4.53. The maximum absolute atomic E-state index is 12.2. The van der Waals surface area contributed by atoms with Crippen molar-refractivity contribution >= 4 is 23.5 Å². The van der Waals surface area contributed by atoms with Gasteiger partial charge in [0.15, 0.2) is 0 Å². The zero-order valence-corrected chi connectivity index (χ0v) is 10.9. The lowest BCUT2D eigenvalue weighted by atomic mass is 10.1. The summed E-state index contributed by atoms with van der Waals surface area (Å²) in [6.45, 7) is 2.76. The lowest BCUT2D eigenvalue weighted by Gasteiger charge is -2.14. The first kappa shape index (κ1) is 15.6. The Morgan fingerprint density at radius 1 is 0.722 bits per heavy atom. The van der Waals surface area contributed by atoms with E-state index in [4.69, 9.17) is 0 Å². The first-order chi connectivity index (χ1) is 7.99. The van der Waals surface area contributed by atoms with Crippen molar-refractivity contribution in [2.75, 3.05) is 0 Å². The molecule has 1 aromatic carbocycles. The number of benzene rings is 1. The molecular formula is C10H8F6S2. The lowest BCUT2D eigenvalue weighted by molar-refractivity contribution is -0.0338. The minimum atomic E-state index is -4.45. The Morgan fingerprint density at radius 2 is 1.00 bits per heavy atom. The van der Waals surface area contributed by atoms with Crippen LogP contribution in [0, 0.1) is 13.8 Å². The second kappa shape index (κ2) is 5.24. The van der Waals surface area contributed by atoms with Gasteiger partial charge in [-0.2, -0.15) is 26.3 Å². The van der Waals surface area contributed by atoms with Gasteiger partial charge in [-0.05, 0) is 60.6 Å². The number of rotatable bonds is 2. The van der Waals surface area contributed by atoms with Gasteiger partial charge < -0.3 is 0 Å². The summed E-state index contributed by atoms with van der Waals surface area (Å²) in [5.74, 6) is 0. The van der Waals surface area contributed by atoms with Gasteiger partial charge in [0.2, 0.25) is 0 Å². The molecule has 0 aliphatic heterocycles. The summed E-state index contributed by atoms with van der Waals surface area (Å²) in [4.78, 5) is -0.155. The summed E-state index contributed by atoms with van der Waals surface area (Å²) in [6.07, 6.45) is 0. The highest BCUT2D eigenvalue weighted by molar-refractivity contribution is 8.00. The van der Waals surface area contributed by atoms with Crippen LogP contribution < -0.4 is 0 Å². The molecular weight excluding hydrogens is 298 g/mol. The molecule has 18 heavy (non-hydrogen) atoms. The van der Waals surface area contributed by atoms with E-state index in [0.717, 1.165) is 12.1 Å². The van der Waals surface area contributed by atoms with Crippen LogP contribution in [0.4, 0.5) is 26.3 Å². The van der Waals surface area contributed by atoms with Crippen molar-refractivity contribution in [3.05, 3.63) is 23.3 Å². The average Bonchev–Trinajstić information content (AvgIpc) is 2.14. The maximum atomic E-state index is 12.2. The van der Waals surface area contributed by atoms with E-state index in [1.807, 2.05) is 0 Å². The van der Waals surface area contributed by atoms with Crippen LogP contribution in [0.3, 0.4) is 0 Å². The lowest BCUT2D eigenvalue weighted by Crippen LogP contribution is -2.03. The van der Waals surface area contributed by atoms with E-state index in [2.05, 4.69) is 0 Å². The third-order valence-electron chi connectivity index (χ3n) is 2.14. The molecule has 0 nitrogen and oxygen atoms in total. The van der Waals surface area contributed by atoms with Crippen LogP contribution in [-0.2, 0) is 0 Å². The van der Waals surface area contributed by atoms with Crippen LogP contribution in [-0.4, -0.2) is 11.0 Å². The van der Waals surface area contributed by atoms with Crippen molar-refractivity contribution in [3.8, 4) is 0 Å². The molecule has 0 spiro atoms. The molecule has 0 bridgehead atoms. The highest BCUT2D eigenvalue weighted by Crippen LogP contribution is 2.43. The van der Waals surface area contributed by atoms with Crippen LogP contribution >= 0.6 is 23.5 Å². The minimum Gasteiger partial charge on any atom is -0.160 e. The molecule has 102 valence electrons. The van der Waals surface area contributed by atoms with Gasteiger partial charge in [-0.15, -0.1) is 0 Å². The third-order valence-corrected chi connectivity index (χ3v) is 3.93. The molecule has 0 fully saturated rings. The van der Waals surface area contributed by atoms with E-state index in [1.54, 1.807) is 0 Å². The van der Waals surface area contributed by atoms with Gasteiger partial charge in [-0.3, -0.25) is 0 Å². The van der Waals surface area contributed by atoms with E-state index in [-0.39, 0.29) is 44.4 Å². The summed E-state index contributed by atoms with van der Waals surface area (Å²) in [6, 6.07) is 2.13. The fourth-order valence-electron chi connectivity index (χ4n) is 1.24. The topological polar surface area (TPSA) is 0 Å². The highest BCUT2D eigenvalue weighted by atomic mass is 32.2. The molecule has 0 aliphatic rings. The van der Waals surface area contributed by atoms with Gasteiger partial charge in [0.25, 0.3) is 0 Å². The Morgan fingerprint density at radius 3 is 1.22 bits per heavy atom. The van der Waals surface area contributed by atoms with Gasteiger partial charge in [-0.25, -0.2) is 0 Å². The Bertz CT molecular complexity index is 394. The van der Waals surface area contributed by atoms with Crippen LogP contribution in [0.15, 0.2) is 21.9 Å². The van der Waals surface area contributed by atoms with Crippen LogP contribution in [0.2, 0.25) is 0 Å². The van der Waals surface area contributed by atoms with E-state index in [0.29, 0.717) is 0 Å². The summed E-state index contributed by atoms with van der Waals surface area (Å²) >= 11 is -0.645. The van der Waals surface area contributed by atoms with E-state index >= 15 is 0 Å². The fraction of sp³-hybridized carbons (Fsp3) is 0.400. The predicted octanol–water partition coefficient (Wildman–Crippen LogP) is 5.53. The standard InChI is InChI=1S/C10H8F6S2/c1-5-6(2)8(18-10(14,15)16)4-3-7(5)17-9(11,12)13/h3-4H,1-2H3. The molecule has 0 saturated carbocycles. The number of thioether (sulfide) groups is 2. The van der Waals surface area contributed by atoms with E-state index in [9.17, 15) is 26.3 Å². The zero-order valence-electron chi connectivity index (χ0n) is 9.24. The molecule has 0 heterocycles. The van der Waals surface area contributed by atoms with Crippen molar-refractivity contribution in [1.29, 1.82) is 0 Å². The normalized spacial score (nSPS) is 12.9. The quantitative estimate of drug-likeness (QED) is 0.520. The van der Waals surface area contributed by atoms with Gasteiger partial charge in [0.1, 0.15) is 0 Å². The molecule has 0 aliphatic carbocycles. The van der Waals surface area contributed by atoms with Crippen LogP contribution in [0.25, 0.3) is 0 Å². The number of halogens is 6. The second-order valence-electron chi connectivity index (χ2n) is 3.41. The second-order valence-corrected chi connectivity index (χ2v) is 5.62. The molecule has 0 N–H and O–H groups in total. The predicted molar refractivity (Wildman–Crippen MR) is 59.7 cm³/mol. The Hall–Kier alpha value is -0.500. The maximum Gasteiger partial charge on any atom is 0.446 e. The Balaban J connectivity index is 3.06. The first-order valence-electron chi connectivity index (χ1n) is 4.61.